The standard InChI is InChI=1S/C18H26N4O3/c1-12(19-18(25)22-10-2-3-16(22)11-23)13-4-6-14(7-5-13)20-17(24)21-15-8-9-15/h4-7,12,15-16,23H,2-3,8-11H2,1H3,(H,19,25)(H2,20,21,24)/t12-,16+/m0/s1. The van der Waals surface area contributed by atoms with Crippen molar-refractivity contribution in [3.05, 3.63) is 29.8 Å². The second-order valence-electron chi connectivity index (χ2n) is 6.84. The van der Waals surface area contributed by atoms with Crippen LogP contribution in [0, 0.1) is 0 Å². The molecule has 2 fully saturated rings. The first-order chi connectivity index (χ1) is 12.1. The smallest absolute Gasteiger partial charge is 0.319 e. The van der Waals surface area contributed by atoms with E-state index in [4.69, 9.17) is 0 Å². The molecule has 1 saturated heterocycles. The quantitative estimate of drug-likeness (QED) is 0.658. The Balaban J connectivity index is 1.52. The molecule has 2 atom stereocenters. The molecule has 1 saturated carbocycles. The number of amides is 4. The van der Waals surface area contributed by atoms with Crippen molar-refractivity contribution in [2.45, 2.75) is 50.7 Å². The Bertz CT molecular complexity index is 615. The van der Waals surface area contributed by atoms with Gasteiger partial charge in [0, 0.05) is 18.3 Å². The maximum Gasteiger partial charge on any atom is 0.319 e. The summed E-state index contributed by atoms with van der Waals surface area (Å²) < 4.78 is 0. The van der Waals surface area contributed by atoms with Crippen LogP contribution in [0.25, 0.3) is 0 Å². The maximum atomic E-state index is 12.4. The normalized spacial score (nSPS) is 20.9. The molecular weight excluding hydrogens is 320 g/mol. The number of nitrogens with zero attached hydrogens (tertiary/aromatic N) is 1. The number of benzene rings is 1. The molecule has 7 heteroatoms. The van der Waals surface area contributed by atoms with E-state index in [1.165, 1.54) is 0 Å². The first-order valence-corrected chi connectivity index (χ1v) is 8.92. The van der Waals surface area contributed by atoms with E-state index in [9.17, 15) is 14.7 Å². The fourth-order valence-electron chi connectivity index (χ4n) is 3.08. The van der Waals surface area contributed by atoms with Crippen LogP contribution < -0.4 is 16.0 Å². The topological polar surface area (TPSA) is 93.7 Å². The molecule has 136 valence electrons. The Kier molecular flexibility index (Phi) is 5.43. The van der Waals surface area contributed by atoms with Gasteiger partial charge in [-0.3, -0.25) is 0 Å². The van der Waals surface area contributed by atoms with Crippen LogP contribution in [0.3, 0.4) is 0 Å². The van der Waals surface area contributed by atoms with Crippen molar-refractivity contribution in [3.8, 4) is 0 Å². The fourth-order valence-corrected chi connectivity index (χ4v) is 3.08. The summed E-state index contributed by atoms with van der Waals surface area (Å²) >= 11 is 0. The maximum absolute atomic E-state index is 12.4. The van der Waals surface area contributed by atoms with Gasteiger partial charge in [-0.2, -0.15) is 0 Å². The average Bonchev–Trinajstić information content (AvgIpc) is 3.27. The molecule has 0 radical (unpaired) electrons. The predicted molar refractivity (Wildman–Crippen MR) is 95.4 cm³/mol. The van der Waals surface area contributed by atoms with Crippen LogP contribution in [0.2, 0.25) is 0 Å². The average molecular weight is 346 g/mol. The van der Waals surface area contributed by atoms with Crippen molar-refractivity contribution >= 4 is 17.7 Å². The van der Waals surface area contributed by atoms with Gasteiger partial charge < -0.3 is 26.0 Å². The van der Waals surface area contributed by atoms with E-state index in [1.807, 2.05) is 31.2 Å². The van der Waals surface area contributed by atoms with Crippen LogP contribution in [0.15, 0.2) is 24.3 Å². The number of carbonyl (C=O) groups is 2. The molecule has 1 heterocycles. The van der Waals surface area contributed by atoms with Gasteiger partial charge in [0.05, 0.1) is 18.7 Å². The number of aliphatic hydroxyl groups is 1. The highest BCUT2D eigenvalue weighted by Gasteiger charge is 2.28. The third-order valence-electron chi connectivity index (χ3n) is 4.77. The summed E-state index contributed by atoms with van der Waals surface area (Å²) in [7, 11) is 0. The largest absolute Gasteiger partial charge is 0.394 e. The highest BCUT2D eigenvalue weighted by molar-refractivity contribution is 5.89. The zero-order valence-electron chi connectivity index (χ0n) is 14.5. The van der Waals surface area contributed by atoms with Crippen LogP contribution in [0.4, 0.5) is 15.3 Å². The molecule has 1 aliphatic heterocycles. The summed E-state index contributed by atoms with van der Waals surface area (Å²) in [5.74, 6) is 0. The minimum atomic E-state index is -0.180. The van der Waals surface area contributed by atoms with E-state index in [1.54, 1.807) is 4.90 Å². The minimum absolute atomic E-state index is 0.00505. The summed E-state index contributed by atoms with van der Waals surface area (Å²) in [5.41, 5.74) is 1.68. The molecule has 0 spiro atoms. The molecule has 4 N–H and O–H groups in total. The summed E-state index contributed by atoms with van der Waals surface area (Å²) in [6.45, 7) is 2.61. The van der Waals surface area contributed by atoms with Crippen LogP contribution in [0.1, 0.15) is 44.2 Å². The highest BCUT2D eigenvalue weighted by atomic mass is 16.3. The third kappa shape index (κ3) is 4.63. The fraction of sp³-hybridized carbons (Fsp3) is 0.556. The lowest BCUT2D eigenvalue weighted by Gasteiger charge is -2.25. The van der Waals surface area contributed by atoms with Gasteiger partial charge in [0.1, 0.15) is 0 Å². The molecule has 0 bridgehead atoms. The third-order valence-corrected chi connectivity index (χ3v) is 4.77. The number of urea groups is 2. The van der Waals surface area contributed by atoms with Crippen LogP contribution in [-0.4, -0.2) is 47.3 Å². The van der Waals surface area contributed by atoms with Gasteiger partial charge in [-0.25, -0.2) is 9.59 Å². The zero-order chi connectivity index (χ0) is 17.8. The summed E-state index contributed by atoms with van der Waals surface area (Å²) in [5, 5.41) is 18.0. The summed E-state index contributed by atoms with van der Waals surface area (Å²) in [4.78, 5) is 25.8. The van der Waals surface area contributed by atoms with Gasteiger partial charge in [0.15, 0.2) is 0 Å². The van der Waals surface area contributed by atoms with Crippen LogP contribution >= 0.6 is 0 Å². The molecular formula is C18H26N4O3. The van der Waals surface area contributed by atoms with E-state index >= 15 is 0 Å². The number of likely N-dealkylation sites (tertiary alicyclic amines) is 1. The SMILES string of the molecule is C[C@H](NC(=O)N1CCC[C@@H]1CO)c1ccc(NC(=O)NC2CC2)cc1. The molecule has 3 rings (SSSR count). The molecule has 4 amide bonds. The Morgan fingerprint density at radius 1 is 1.24 bits per heavy atom. The molecule has 2 aliphatic rings. The van der Waals surface area contributed by atoms with Crippen molar-refractivity contribution in [2.75, 3.05) is 18.5 Å². The summed E-state index contributed by atoms with van der Waals surface area (Å²) in [6.07, 6.45) is 3.88. The molecule has 0 aromatic heterocycles. The molecule has 1 aromatic carbocycles. The van der Waals surface area contributed by atoms with E-state index in [2.05, 4.69) is 16.0 Å². The number of hydrogen-bond acceptors (Lipinski definition) is 3. The molecule has 1 aromatic rings. The van der Waals surface area contributed by atoms with E-state index in [0.29, 0.717) is 12.6 Å². The molecule has 7 nitrogen and oxygen atoms in total. The molecule has 1 aliphatic carbocycles. The number of nitrogens with one attached hydrogen (secondary N) is 3. The number of rotatable bonds is 5. The number of aliphatic hydroxyl groups excluding tert-OH is 1. The predicted octanol–water partition coefficient (Wildman–Crippen LogP) is 2.20. The first kappa shape index (κ1) is 17.5. The van der Waals surface area contributed by atoms with Crippen LogP contribution in [0.5, 0.6) is 0 Å². The van der Waals surface area contributed by atoms with Gasteiger partial charge >= 0.3 is 12.1 Å². The lowest BCUT2D eigenvalue weighted by molar-refractivity contribution is 0.155. The van der Waals surface area contributed by atoms with Crippen molar-refractivity contribution in [3.63, 3.8) is 0 Å². The number of anilines is 1. The van der Waals surface area contributed by atoms with Crippen molar-refractivity contribution in [1.29, 1.82) is 0 Å². The van der Waals surface area contributed by atoms with Gasteiger partial charge in [-0.15, -0.1) is 0 Å². The molecule has 0 unspecified atom stereocenters. The van der Waals surface area contributed by atoms with Gasteiger partial charge in [-0.05, 0) is 50.3 Å². The Morgan fingerprint density at radius 3 is 2.60 bits per heavy atom. The number of hydrogen-bond donors (Lipinski definition) is 4. The summed E-state index contributed by atoms with van der Waals surface area (Å²) in [6, 6.07) is 7.22. The van der Waals surface area contributed by atoms with Gasteiger partial charge in [-0.1, -0.05) is 12.1 Å². The van der Waals surface area contributed by atoms with Crippen LogP contribution in [-0.2, 0) is 0 Å². The van der Waals surface area contributed by atoms with Crippen molar-refractivity contribution in [2.24, 2.45) is 0 Å². The first-order valence-electron chi connectivity index (χ1n) is 8.92. The van der Waals surface area contributed by atoms with Gasteiger partial charge in [0.25, 0.3) is 0 Å². The van der Waals surface area contributed by atoms with Gasteiger partial charge in [0.2, 0.25) is 0 Å². The van der Waals surface area contributed by atoms with E-state index in [-0.39, 0.29) is 30.8 Å². The monoisotopic (exact) mass is 346 g/mol. The second-order valence-corrected chi connectivity index (χ2v) is 6.84. The van der Waals surface area contributed by atoms with Crippen molar-refractivity contribution < 1.29 is 14.7 Å². The molecule has 25 heavy (non-hydrogen) atoms. The van der Waals surface area contributed by atoms with E-state index < -0.39 is 0 Å². The zero-order valence-corrected chi connectivity index (χ0v) is 14.5. The number of carbonyl (C=O) groups excluding carboxylic acids is 2. The second kappa shape index (κ2) is 7.74. The Hall–Kier alpha value is -2.28. The highest BCUT2D eigenvalue weighted by Crippen LogP contribution is 2.21. The Labute approximate surface area is 147 Å². The van der Waals surface area contributed by atoms with E-state index in [0.717, 1.165) is 36.9 Å². The van der Waals surface area contributed by atoms with Crippen molar-refractivity contribution in [1.82, 2.24) is 15.5 Å². The minimum Gasteiger partial charge on any atom is -0.394 e. The lowest BCUT2D eigenvalue weighted by atomic mass is 10.1. The lowest BCUT2D eigenvalue weighted by Crippen LogP contribution is -2.44. The Morgan fingerprint density at radius 2 is 1.96 bits per heavy atom.